The smallest absolute Gasteiger partial charge is 0.340 e. The molecule has 5 nitrogen and oxygen atoms in total. The van der Waals surface area contributed by atoms with Crippen molar-refractivity contribution in [3.63, 3.8) is 0 Å². The summed E-state index contributed by atoms with van der Waals surface area (Å²) in [5.41, 5.74) is 0.337. The lowest BCUT2D eigenvalue weighted by molar-refractivity contribution is -0.129. The molecule has 0 unspecified atom stereocenters. The number of hydrogen-bond donors (Lipinski definition) is 1. The first kappa shape index (κ1) is 18.8. The number of carbonyl (C=O) groups is 2. The Morgan fingerprint density at radius 3 is 2.50 bits per heavy atom. The van der Waals surface area contributed by atoms with E-state index in [2.05, 4.69) is 21.2 Å². The molecule has 0 saturated heterocycles. The van der Waals surface area contributed by atoms with Gasteiger partial charge in [-0.15, -0.1) is 0 Å². The van der Waals surface area contributed by atoms with Crippen molar-refractivity contribution < 1.29 is 19.1 Å². The largest absolute Gasteiger partial charge is 0.497 e. The van der Waals surface area contributed by atoms with Crippen LogP contribution in [0.1, 0.15) is 55.8 Å². The van der Waals surface area contributed by atoms with E-state index < -0.39 is 12.1 Å². The maximum atomic E-state index is 12.3. The van der Waals surface area contributed by atoms with Gasteiger partial charge < -0.3 is 14.8 Å². The molecule has 0 aromatic heterocycles. The lowest BCUT2D eigenvalue weighted by atomic mass is 10.1. The van der Waals surface area contributed by atoms with Crippen LogP contribution in [-0.4, -0.2) is 31.1 Å². The van der Waals surface area contributed by atoms with Gasteiger partial charge in [0.25, 0.3) is 5.91 Å². The summed E-state index contributed by atoms with van der Waals surface area (Å²) in [7, 11) is 1.53. The lowest BCUT2D eigenvalue weighted by Gasteiger charge is -2.20. The van der Waals surface area contributed by atoms with E-state index in [9.17, 15) is 9.59 Å². The fourth-order valence-electron chi connectivity index (χ4n) is 2.81. The van der Waals surface area contributed by atoms with E-state index >= 15 is 0 Å². The number of nitrogens with one attached hydrogen (secondary N) is 1. The Morgan fingerprint density at radius 1 is 1.21 bits per heavy atom. The summed E-state index contributed by atoms with van der Waals surface area (Å²) in [6.45, 7) is 1.60. The van der Waals surface area contributed by atoms with Gasteiger partial charge in [0, 0.05) is 10.5 Å². The van der Waals surface area contributed by atoms with E-state index in [1.165, 1.54) is 20.0 Å². The molecule has 0 spiro atoms. The van der Waals surface area contributed by atoms with Gasteiger partial charge >= 0.3 is 5.97 Å². The average molecular weight is 398 g/mol. The number of esters is 1. The van der Waals surface area contributed by atoms with E-state index in [0.29, 0.717) is 15.8 Å². The first-order chi connectivity index (χ1) is 11.5. The number of hydrogen-bond acceptors (Lipinski definition) is 4. The van der Waals surface area contributed by atoms with E-state index in [0.717, 1.165) is 25.7 Å². The van der Waals surface area contributed by atoms with Crippen LogP contribution in [0.2, 0.25) is 0 Å². The van der Waals surface area contributed by atoms with E-state index in [1.807, 2.05) is 0 Å². The van der Waals surface area contributed by atoms with Crippen LogP contribution < -0.4 is 10.1 Å². The number of rotatable bonds is 5. The molecule has 0 heterocycles. The molecule has 1 saturated carbocycles. The zero-order valence-electron chi connectivity index (χ0n) is 14.1. The van der Waals surface area contributed by atoms with Crippen LogP contribution in [0.25, 0.3) is 0 Å². The fourth-order valence-corrected chi connectivity index (χ4v) is 3.22. The van der Waals surface area contributed by atoms with Crippen LogP contribution >= 0.6 is 15.9 Å². The molecule has 1 aliphatic carbocycles. The number of methoxy groups -OCH3 is 1. The SMILES string of the molecule is COc1ccc(Br)c(C(=O)O[C@H](C)C(=O)NC2CCCCCC2)c1. The third kappa shape index (κ3) is 5.23. The zero-order valence-corrected chi connectivity index (χ0v) is 15.7. The molecular formula is C18H24BrNO4. The zero-order chi connectivity index (χ0) is 17.5. The third-order valence-corrected chi connectivity index (χ3v) is 4.94. The highest BCUT2D eigenvalue weighted by atomic mass is 79.9. The Hall–Kier alpha value is -1.56. The van der Waals surface area contributed by atoms with Crippen molar-refractivity contribution in [1.29, 1.82) is 0 Å². The highest BCUT2D eigenvalue weighted by molar-refractivity contribution is 9.10. The minimum Gasteiger partial charge on any atom is -0.497 e. The van der Waals surface area contributed by atoms with Crippen molar-refractivity contribution in [3.05, 3.63) is 28.2 Å². The van der Waals surface area contributed by atoms with Gasteiger partial charge in [-0.05, 0) is 53.9 Å². The van der Waals surface area contributed by atoms with Crippen molar-refractivity contribution in [2.45, 2.75) is 57.6 Å². The number of benzene rings is 1. The van der Waals surface area contributed by atoms with Gasteiger partial charge in [-0.1, -0.05) is 25.7 Å². The maximum absolute atomic E-state index is 12.3. The highest BCUT2D eigenvalue weighted by Gasteiger charge is 2.23. The van der Waals surface area contributed by atoms with Crippen LogP contribution in [0.15, 0.2) is 22.7 Å². The second kappa shape index (κ2) is 9.06. The van der Waals surface area contributed by atoms with Gasteiger partial charge in [0.1, 0.15) is 5.75 Å². The molecule has 1 amide bonds. The lowest BCUT2D eigenvalue weighted by Crippen LogP contribution is -2.41. The number of halogens is 1. The van der Waals surface area contributed by atoms with Crippen molar-refractivity contribution >= 4 is 27.8 Å². The van der Waals surface area contributed by atoms with Crippen LogP contribution in [0.5, 0.6) is 5.75 Å². The molecule has 0 aliphatic heterocycles. The fraction of sp³-hybridized carbons (Fsp3) is 0.556. The summed E-state index contributed by atoms with van der Waals surface area (Å²) in [4.78, 5) is 24.6. The summed E-state index contributed by atoms with van der Waals surface area (Å²) in [5, 5.41) is 3.00. The monoisotopic (exact) mass is 397 g/mol. The Labute approximate surface area is 151 Å². The second-order valence-electron chi connectivity index (χ2n) is 6.09. The predicted molar refractivity (Wildman–Crippen MR) is 95.2 cm³/mol. The van der Waals surface area contributed by atoms with Crippen LogP contribution in [0.4, 0.5) is 0 Å². The Morgan fingerprint density at radius 2 is 1.88 bits per heavy atom. The first-order valence-corrected chi connectivity index (χ1v) is 9.15. The van der Waals surface area contributed by atoms with Crippen molar-refractivity contribution in [1.82, 2.24) is 5.32 Å². The minimum absolute atomic E-state index is 0.185. The van der Waals surface area contributed by atoms with Gasteiger partial charge in [-0.2, -0.15) is 0 Å². The van der Waals surface area contributed by atoms with Crippen LogP contribution in [-0.2, 0) is 9.53 Å². The summed E-state index contributed by atoms with van der Waals surface area (Å²) >= 11 is 3.32. The molecule has 24 heavy (non-hydrogen) atoms. The van der Waals surface area contributed by atoms with Crippen LogP contribution in [0, 0.1) is 0 Å². The van der Waals surface area contributed by atoms with Gasteiger partial charge in [0.2, 0.25) is 0 Å². The maximum Gasteiger partial charge on any atom is 0.340 e. The number of carbonyl (C=O) groups excluding carboxylic acids is 2. The Kier molecular flexibility index (Phi) is 7.09. The predicted octanol–water partition coefficient (Wildman–Crippen LogP) is 3.84. The molecule has 1 aromatic carbocycles. The molecule has 1 atom stereocenters. The summed E-state index contributed by atoms with van der Waals surface area (Å²) < 4.78 is 11.0. The third-order valence-electron chi connectivity index (χ3n) is 4.25. The summed E-state index contributed by atoms with van der Waals surface area (Å²) in [5.74, 6) is -0.237. The quantitative estimate of drug-likeness (QED) is 0.605. The van der Waals surface area contributed by atoms with E-state index in [4.69, 9.17) is 9.47 Å². The van der Waals surface area contributed by atoms with E-state index in [-0.39, 0.29) is 11.9 Å². The van der Waals surface area contributed by atoms with Crippen LogP contribution in [0.3, 0.4) is 0 Å². The second-order valence-corrected chi connectivity index (χ2v) is 6.94. The van der Waals surface area contributed by atoms with Crippen molar-refractivity contribution in [2.24, 2.45) is 0 Å². The van der Waals surface area contributed by atoms with Crippen molar-refractivity contribution in [3.8, 4) is 5.75 Å². The molecule has 132 valence electrons. The molecule has 1 N–H and O–H groups in total. The molecule has 0 bridgehead atoms. The van der Waals surface area contributed by atoms with E-state index in [1.54, 1.807) is 25.1 Å². The molecule has 1 fully saturated rings. The van der Waals surface area contributed by atoms with Crippen molar-refractivity contribution in [2.75, 3.05) is 7.11 Å². The molecule has 6 heteroatoms. The molecular weight excluding hydrogens is 374 g/mol. The van der Waals surface area contributed by atoms with Gasteiger partial charge in [-0.3, -0.25) is 4.79 Å². The highest BCUT2D eigenvalue weighted by Crippen LogP contribution is 2.23. The summed E-state index contributed by atoms with van der Waals surface area (Å²) in [6, 6.07) is 5.22. The summed E-state index contributed by atoms with van der Waals surface area (Å²) in [6.07, 6.45) is 5.87. The standard InChI is InChI=1S/C18H24BrNO4/c1-12(17(21)20-13-7-5-3-4-6-8-13)24-18(22)15-11-14(23-2)9-10-16(15)19/h9-13H,3-8H2,1-2H3,(H,20,21)/t12-/m1/s1. The molecule has 2 rings (SSSR count). The number of amides is 1. The first-order valence-electron chi connectivity index (χ1n) is 8.36. The molecule has 0 radical (unpaired) electrons. The average Bonchev–Trinajstić information content (AvgIpc) is 2.83. The Bertz CT molecular complexity index is 582. The van der Waals surface area contributed by atoms with Gasteiger partial charge in [0.05, 0.1) is 12.7 Å². The molecule has 1 aromatic rings. The van der Waals surface area contributed by atoms with Gasteiger partial charge in [0.15, 0.2) is 6.10 Å². The minimum atomic E-state index is -0.834. The van der Waals surface area contributed by atoms with Gasteiger partial charge in [-0.25, -0.2) is 4.79 Å². The molecule has 1 aliphatic rings. The number of ether oxygens (including phenoxy) is 2. The Balaban J connectivity index is 1.94. The topological polar surface area (TPSA) is 64.6 Å². The normalized spacial score (nSPS) is 16.8.